The second-order valence-electron chi connectivity index (χ2n) is 7.16. The zero-order valence-corrected chi connectivity index (χ0v) is 18.2. The zero-order valence-electron chi connectivity index (χ0n) is 17.4. The fourth-order valence-electron chi connectivity index (χ4n) is 3.48. The number of benzene rings is 1. The number of hydrogen-bond acceptors (Lipinski definition) is 5. The van der Waals surface area contributed by atoms with E-state index in [1.807, 2.05) is 30.1 Å². The topological polar surface area (TPSA) is 95.6 Å². The van der Waals surface area contributed by atoms with Gasteiger partial charge < -0.3 is 21.3 Å². The van der Waals surface area contributed by atoms with Crippen molar-refractivity contribution in [2.75, 3.05) is 37.3 Å². The van der Waals surface area contributed by atoms with Gasteiger partial charge in [-0.05, 0) is 31.0 Å². The Morgan fingerprint density at radius 3 is 2.67 bits per heavy atom. The first-order valence-electron chi connectivity index (χ1n) is 10.3. The average Bonchev–Trinajstić information content (AvgIpc) is 2.79. The number of carbonyl (C=O) groups excluding carboxylic acids is 1. The van der Waals surface area contributed by atoms with Crippen LogP contribution in [0.2, 0.25) is 0 Å². The summed E-state index contributed by atoms with van der Waals surface area (Å²) in [5.41, 5.74) is 6.56. The van der Waals surface area contributed by atoms with E-state index >= 15 is 0 Å². The lowest BCUT2D eigenvalue weighted by Gasteiger charge is -2.32. The number of hydrogen-bond donors (Lipinski definition) is 3. The van der Waals surface area contributed by atoms with Crippen LogP contribution in [0.15, 0.2) is 58.5 Å². The lowest BCUT2D eigenvalue weighted by Crippen LogP contribution is -2.40. The fourth-order valence-corrected chi connectivity index (χ4v) is 4.27. The van der Waals surface area contributed by atoms with Gasteiger partial charge in [0.15, 0.2) is 5.96 Å². The molecule has 0 radical (unpaired) electrons. The van der Waals surface area contributed by atoms with Gasteiger partial charge in [-0.2, -0.15) is 0 Å². The summed E-state index contributed by atoms with van der Waals surface area (Å²) in [4.78, 5) is 23.8. The lowest BCUT2D eigenvalue weighted by atomic mass is 9.96. The van der Waals surface area contributed by atoms with E-state index in [0.717, 1.165) is 55.6 Å². The van der Waals surface area contributed by atoms with Crippen molar-refractivity contribution in [3.05, 3.63) is 54.2 Å². The van der Waals surface area contributed by atoms with Gasteiger partial charge in [0.1, 0.15) is 5.82 Å². The molecule has 1 saturated heterocycles. The quantitative estimate of drug-likeness (QED) is 0.259. The first-order chi connectivity index (χ1) is 14.7. The maximum Gasteiger partial charge on any atom is 0.220 e. The average molecular weight is 427 g/mol. The number of anilines is 1. The molecule has 4 N–H and O–H groups in total. The molecular weight excluding hydrogens is 396 g/mol. The van der Waals surface area contributed by atoms with Gasteiger partial charge in [0.05, 0.1) is 0 Å². The Morgan fingerprint density at radius 1 is 1.20 bits per heavy atom. The van der Waals surface area contributed by atoms with Crippen LogP contribution in [-0.4, -0.2) is 49.3 Å². The summed E-state index contributed by atoms with van der Waals surface area (Å²) in [5.74, 6) is 2.47. The Kier molecular flexibility index (Phi) is 8.38. The number of aromatic nitrogens is 1. The molecule has 3 rings (SSSR count). The molecular formula is C22H30N6OS. The summed E-state index contributed by atoms with van der Waals surface area (Å²) in [6, 6.07) is 14.4. The maximum absolute atomic E-state index is 11.4. The largest absolute Gasteiger partial charge is 0.369 e. The highest BCUT2D eigenvalue weighted by Crippen LogP contribution is 2.24. The molecule has 1 amide bonds. The third-order valence-electron chi connectivity index (χ3n) is 5.14. The number of thioether (sulfide) groups is 1. The van der Waals surface area contributed by atoms with Crippen LogP contribution in [0.25, 0.3) is 0 Å². The van der Waals surface area contributed by atoms with E-state index in [1.54, 1.807) is 7.05 Å². The number of nitrogens with zero attached hydrogens (tertiary/aromatic N) is 3. The van der Waals surface area contributed by atoms with Crippen LogP contribution in [-0.2, 0) is 11.3 Å². The standard InChI is InChI=1S/C22H30N6OS/c1-24-22(26-12-15-30-19-7-3-2-4-8-19)27-16-18-6-5-11-25-21(18)28-13-9-17(10-14-28)20(23)29/h2-8,11,17H,9-10,12-16H2,1H3,(H2,23,29)(H2,24,26,27). The van der Waals surface area contributed by atoms with Crippen molar-refractivity contribution in [3.8, 4) is 0 Å². The number of primary amides is 1. The molecule has 30 heavy (non-hydrogen) atoms. The van der Waals surface area contributed by atoms with Crippen molar-refractivity contribution in [3.63, 3.8) is 0 Å². The minimum Gasteiger partial charge on any atom is -0.369 e. The number of carbonyl (C=O) groups is 1. The molecule has 0 spiro atoms. The molecule has 0 unspecified atom stereocenters. The summed E-state index contributed by atoms with van der Waals surface area (Å²) in [7, 11) is 1.78. The third kappa shape index (κ3) is 6.38. The molecule has 7 nitrogen and oxygen atoms in total. The fraction of sp³-hybridized carbons (Fsp3) is 0.409. The van der Waals surface area contributed by atoms with E-state index in [4.69, 9.17) is 5.73 Å². The number of rotatable bonds is 8. The molecule has 160 valence electrons. The number of guanidine groups is 1. The van der Waals surface area contributed by atoms with Crippen LogP contribution in [0.4, 0.5) is 5.82 Å². The predicted molar refractivity (Wildman–Crippen MR) is 124 cm³/mol. The molecule has 0 saturated carbocycles. The van der Waals surface area contributed by atoms with Crippen LogP contribution >= 0.6 is 11.8 Å². The highest BCUT2D eigenvalue weighted by atomic mass is 32.2. The highest BCUT2D eigenvalue weighted by Gasteiger charge is 2.24. The smallest absolute Gasteiger partial charge is 0.220 e. The van der Waals surface area contributed by atoms with Crippen molar-refractivity contribution in [2.45, 2.75) is 24.3 Å². The number of piperidine rings is 1. The van der Waals surface area contributed by atoms with Gasteiger partial charge in [-0.25, -0.2) is 4.98 Å². The van der Waals surface area contributed by atoms with Crippen molar-refractivity contribution in [2.24, 2.45) is 16.6 Å². The monoisotopic (exact) mass is 426 g/mol. The predicted octanol–water partition coefficient (Wildman–Crippen LogP) is 2.24. The van der Waals surface area contributed by atoms with E-state index in [-0.39, 0.29) is 11.8 Å². The lowest BCUT2D eigenvalue weighted by molar-refractivity contribution is -0.122. The highest BCUT2D eigenvalue weighted by molar-refractivity contribution is 7.99. The maximum atomic E-state index is 11.4. The van der Waals surface area contributed by atoms with Crippen molar-refractivity contribution in [1.82, 2.24) is 15.6 Å². The van der Waals surface area contributed by atoms with Gasteiger partial charge in [-0.15, -0.1) is 11.8 Å². The minimum atomic E-state index is -0.196. The second-order valence-corrected chi connectivity index (χ2v) is 8.33. The molecule has 2 aromatic rings. The number of amides is 1. The molecule has 1 fully saturated rings. The summed E-state index contributed by atoms with van der Waals surface area (Å²) in [6.07, 6.45) is 3.37. The molecule has 1 aliphatic rings. The summed E-state index contributed by atoms with van der Waals surface area (Å²) in [5, 5.41) is 6.74. The van der Waals surface area contributed by atoms with Crippen LogP contribution in [0.3, 0.4) is 0 Å². The number of pyridine rings is 1. The van der Waals surface area contributed by atoms with Crippen molar-refractivity contribution >= 4 is 29.4 Å². The molecule has 8 heteroatoms. The molecule has 0 aliphatic carbocycles. The second kappa shape index (κ2) is 11.4. The van der Waals surface area contributed by atoms with E-state index in [1.165, 1.54) is 4.90 Å². The molecule has 0 bridgehead atoms. The van der Waals surface area contributed by atoms with E-state index in [2.05, 4.69) is 55.8 Å². The Balaban J connectivity index is 1.48. The van der Waals surface area contributed by atoms with Crippen LogP contribution < -0.4 is 21.3 Å². The van der Waals surface area contributed by atoms with E-state index in [9.17, 15) is 4.79 Å². The van der Waals surface area contributed by atoms with Gasteiger partial charge in [-0.3, -0.25) is 9.79 Å². The van der Waals surface area contributed by atoms with Gasteiger partial charge in [0, 0.05) is 61.6 Å². The van der Waals surface area contributed by atoms with Gasteiger partial charge in [0.25, 0.3) is 0 Å². The van der Waals surface area contributed by atoms with Gasteiger partial charge in [0.2, 0.25) is 5.91 Å². The number of aliphatic imine (C=N–C) groups is 1. The van der Waals surface area contributed by atoms with Crippen LogP contribution in [0.5, 0.6) is 0 Å². The van der Waals surface area contributed by atoms with E-state index in [0.29, 0.717) is 6.54 Å². The SMILES string of the molecule is CN=C(NCCSc1ccccc1)NCc1cccnc1N1CCC(C(N)=O)CC1. The van der Waals surface area contributed by atoms with Gasteiger partial charge in [-0.1, -0.05) is 24.3 Å². The first-order valence-corrected chi connectivity index (χ1v) is 11.3. The zero-order chi connectivity index (χ0) is 21.2. The number of nitrogens with two attached hydrogens (primary N) is 1. The Morgan fingerprint density at radius 2 is 1.97 bits per heavy atom. The van der Waals surface area contributed by atoms with E-state index < -0.39 is 0 Å². The third-order valence-corrected chi connectivity index (χ3v) is 6.15. The summed E-state index contributed by atoms with van der Waals surface area (Å²) in [6.45, 7) is 3.03. The summed E-state index contributed by atoms with van der Waals surface area (Å²) < 4.78 is 0. The minimum absolute atomic E-state index is 0.0247. The Hall–Kier alpha value is -2.74. The summed E-state index contributed by atoms with van der Waals surface area (Å²) >= 11 is 1.82. The Labute approximate surface area is 182 Å². The number of nitrogens with one attached hydrogen (secondary N) is 2. The normalized spacial score (nSPS) is 15.1. The first kappa shape index (κ1) is 22.0. The van der Waals surface area contributed by atoms with Crippen molar-refractivity contribution in [1.29, 1.82) is 0 Å². The van der Waals surface area contributed by atoms with Crippen LogP contribution in [0, 0.1) is 5.92 Å². The molecule has 1 aromatic carbocycles. The van der Waals surface area contributed by atoms with Crippen molar-refractivity contribution < 1.29 is 4.79 Å². The Bertz CT molecular complexity index is 837. The van der Waals surface area contributed by atoms with Gasteiger partial charge >= 0.3 is 0 Å². The molecule has 0 atom stereocenters. The van der Waals surface area contributed by atoms with Crippen LogP contribution in [0.1, 0.15) is 18.4 Å². The molecule has 1 aromatic heterocycles. The molecule has 1 aliphatic heterocycles. The molecule has 2 heterocycles.